The van der Waals surface area contributed by atoms with Crippen molar-refractivity contribution in [2.24, 2.45) is 0 Å². The van der Waals surface area contributed by atoms with Gasteiger partial charge in [-0.25, -0.2) is 9.59 Å². The van der Waals surface area contributed by atoms with Crippen molar-refractivity contribution < 1.29 is 19.1 Å². The molecule has 0 aliphatic heterocycles. The summed E-state index contributed by atoms with van der Waals surface area (Å²) < 4.78 is 9.22. The highest BCUT2D eigenvalue weighted by atomic mass is 16.5. The SMILES string of the molecule is CCCC(CCC)=C(C(=O)OC)C(=O)OC. The molecule has 0 rings (SSSR count). The Morgan fingerprint density at radius 1 is 0.875 bits per heavy atom. The predicted octanol–water partition coefficient (Wildman–Crippen LogP) is 2.23. The van der Waals surface area contributed by atoms with Crippen LogP contribution in [0.3, 0.4) is 0 Å². The molecule has 0 saturated carbocycles. The van der Waals surface area contributed by atoms with Gasteiger partial charge in [-0.05, 0) is 18.4 Å². The van der Waals surface area contributed by atoms with Crippen LogP contribution >= 0.6 is 0 Å². The monoisotopic (exact) mass is 228 g/mol. The first-order chi connectivity index (χ1) is 7.62. The van der Waals surface area contributed by atoms with Gasteiger partial charge in [0.05, 0.1) is 14.2 Å². The molecule has 16 heavy (non-hydrogen) atoms. The summed E-state index contributed by atoms with van der Waals surface area (Å²) in [7, 11) is 2.53. The minimum absolute atomic E-state index is 0.0636. The van der Waals surface area contributed by atoms with Crippen molar-refractivity contribution in [1.29, 1.82) is 0 Å². The number of methoxy groups -OCH3 is 2. The first-order valence-corrected chi connectivity index (χ1v) is 5.50. The summed E-state index contributed by atoms with van der Waals surface area (Å²) in [5.74, 6) is -1.22. The lowest BCUT2D eigenvalue weighted by atomic mass is 9.99. The van der Waals surface area contributed by atoms with E-state index < -0.39 is 11.9 Å². The van der Waals surface area contributed by atoms with Crippen molar-refractivity contribution in [3.05, 3.63) is 11.1 Å². The third-order valence-corrected chi connectivity index (χ3v) is 2.24. The van der Waals surface area contributed by atoms with Gasteiger partial charge in [-0.15, -0.1) is 0 Å². The zero-order valence-electron chi connectivity index (χ0n) is 10.5. The number of hydrogen-bond acceptors (Lipinski definition) is 4. The normalized spacial score (nSPS) is 9.50. The Labute approximate surface area is 96.6 Å². The second kappa shape index (κ2) is 7.91. The van der Waals surface area contributed by atoms with Gasteiger partial charge in [-0.3, -0.25) is 0 Å². The quantitative estimate of drug-likeness (QED) is 0.303. The fourth-order valence-electron chi connectivity index (χ4n) is 1.55. The fourth-order valence-corrected chi connectivity index (χ4v) is 1.55. The maximum absolute atomic E-state index is 11.5. The minimum Gasteiger partial charge on any atom is -0.465 e. The molecule has 0 amide bonds. The Morgan fingerprint density at radius 3 is 1.50 bits per heavy atom. The molecular weight excluding hydrogens is 208 g/mol. The summed E-state index contributed by atoms with van der Waals surface area (Å²) in [4.78, 5) is 23.0. The van der Waals surface area contributed by atoms with Crippen molar-refractivity contribution in [3.8, 4) is 0 Å². The lowest BCUT2D eigenvalue weighted by Gasteiger charge is -2.10. The zero-order valence-corrected chi connectivity index (χ0v) is 10.5. The number of esters is 2. The summed E-state index contributed by atoms with van der Waals surface area (Å²) >= 11 is 0. The van der Waals surface area contributed by atoms with Gasteiger partial charge in [0.1, 0.15) is 5.57 Å². The Kier molecular flexibility index (Phi) is 7.25. The van der Waals surface area contributed by atoms with Crippen LogP contribution in [0.4, 0.5) is 0 Å². The number of carbonyl (C=O) groups is 2. The van der Waals surface area contributed by atoms with Gasteiger partial charge < -0.3 is 9.47 Å². The molecule has 0 heterocycles. The molecule has 4 nitrogen and oxygen atoms in total. The van der Waals surface area contributed by atoms with E-state index in [1.54, 1.807) is 0 Å². The highest BCUT2D eigenvalue weighted by Crippen LogP contribution is 2.19. The Hall–Kier alpha value is -1.32. The molecule has 0 spiro atoms. The van der Waals surface area contributed by atoms with E-state index in [9.17, 15) is 9.59 Å². The Morgan fingerprint density at radius 2 is 1.25 bits per heavy atom. The molecule has 0 aliphatic carbocycles. The second-order valence-corrected chi connectivity index (χ2v) is 3.46. The molecule has 0 atom stereocenters. The topological polar surface area (TPSA) is 52.6 Å². The summed E-state index contributed by atoms with van der Waals surface area (Å²) in [6.45, 7) is 4.00. The maximum atomic E-state index is 11.5. The summed E-state index contributed by atoms with van der Waals surface area (Å²) in [6.07, 6.45) is 3.19. The van der Waals surface area contributed by atoms with Crippen LogP contribution in [0.1, 0.15) is 39.5 Å². The third kappa shape index (κ3) is 4.04. The van der Waals surface area contributed by atoms with Gasteiger partial charge >= 0.3 is 11.9 Å². The van der Waals surface area contributed by atoms with Crippen LogP contribution in [0.5, 0.6) is 0 Å². The largest absolute Gasteiger partial charge is 0.465 e. The van der Waals surface area contributed by atoms with Crippen molar-refractivity contribution in [1.82, 2.24) is 0 Å². The molecule has 0 aliphatic rings. The molecular formula is C12H20O4. The van der Waals surface area contributed by atoms with Crippen molar-refractivity contribution >= 4 is 11.9 Å². The number of carbonyl (C=O) groups excluding carboxylic acids is 2. The van der Waals surface area contributed by atoms with Crippen molar-refractivity contribution in [2.75, 3.05) is 14.2 Å². The van der Waals surface area contributed by atoms with E-state index >= 15 is 0 Å². The first kappa shape index (κ1) is 14.7. The van der Waals surface area contributed by atoms with Crippen LogP contribution in [0.2, 0.25) is 0 Å². The molecule has 0 aromatic rings. The van der Waals surface area contributed by atoms with E-state index in [1.807, 2.05) is 13.8 Å². The fraction of sp³-hybridized carbons (Fsp3) is 0.667. The number of ether oxygens (including phenoxy) is 2. The van der Waals surface area contributed by atoms with Crippen molar-refractivity contribution in [2.45, 2.75) is 39.5 Å². The van der Waals surface area contributed by atoms with Crippen LogP contribution in [-0.2, 0) is 19.1 Å². The van der Waals surface area contributed by atoms with Gasteiger partial charge in [-0.1, -0.05) is 26.7 Å². The Balaban J connectivity index is 5.25. The summed E-state index contributed by atoms with van der Waals surface area (Å²) in [5, 5.41) is 0. The van der Waals surface area contributed by atoms with E-state index in [0.29, 0.717) is 12.8 Å². The van der Waals surface area contributed by atoms with Crippen molar-refractivity contribution in [3.63, 3.8) is 0 Å². The highest BCUT2D eigenvalue weighted by Gasteiger charge is 2.23. The van der Waals surface area contributed by atoms with Gasteiger partial charge in [0, 0.05) is 0 Å². The van der Waals surface area contributed by atoms with Gasteiger partial charge in [0.15, 0.2) is 0 Å². The van der Waals surface area contributed by atoms with Crippen LogP contribution in [-0.4, -0.2) is 26.2 Å². The summed E-state index contributed by atoms with van der Waals surface area (Å²) in [6, 6.07) is 0. The molecule has 0 radical (unpaired) electrons. The van der Waals surface area contributed by atoms with Gasteiger partial charge in [0.25, 0.3) is 0 Å². The highest BCUT2D eigenvalue weighted by molar-refractivity contribution is 6.14. The average molecular weight is 228 g/mol. The lowest BCUT2D eigenvalue weighted by molar-refractivity contribution is -0.144. The molecule has 0 aromatic carbocycles. The molecule has 0 N–H and O–H groups in total. The minimum atomic E-state index is -0.608. The zero-order chi connectivity index (χ0) is 12.6. The van der Waals surface area contributed by atoms with E-state index in [2.05, 4.69) is 9.47 Å². The molecule has 0 bridgehead atoms. The van der Waals surface area contributed by atoms with E-state index in [1.165, 1.54) is 14.2 Å². The predicted molar refractivity (Wildman–Crippen MR) is 60.9 cm³/mol. The van der Waals surface area contributed by atoms with Crippen LogP contribution < -0.4 is 0 Å². The van der Waals surface area contributed by atoms with Crippen LogP contribution in [0.25, 0.3) is 0 Å². The van der Waals surface area contributed by atoms with Gasteiger partial charge in [-0.2, -0.15) is 0 Å². The van der Waals surface area contributed by atoms with Crippen LogP contribution in [0.15, 0.2) is 11.1 Å². The Bertz CT molecular complexity index is 253. The molecule has 0 fully saturated rings. The number of rotatable bonds is 6. The third-order valence-electron chi connectivity index (χ3n) is 2.24. The van der Waals surface area contributed by atoms with E-state index in [0.717, 1.165) is 18.4 Å². The molecule has 0 saturated heterocycles. The van der Waals surface area contributed by atoms with E-state index in [4.69, 9.17) is 0 Å². The van der Waals surface area contributed by atoms with E-state index in [-0.39, 0.29) is 5.57 Å². The molecule has 0 aromatic heterocycles. The van der Waals surface area contributed by atoms with Crippen LogP contribution in [0, 0.1) is 0 Å². The number of allylic oxidation sites excluding steroid dienone is 1. The molecule has 4 heteroatoms. The second-order valence-electron chi connectivity index (χ2n) is 3.46. The van der Waals surface area contributed by atoms with Gasteiger partial charge in [0.2, 0.25) is 0 Å². The smallest absolute Gasteiger partial charge is 0.345 e. The first-order valence-electron chi connectivity index (χ1n) is 5.50. The average Bonchev–Trinajstić information content (AvgIpc) is 2.29. The molecule has 92 valence electrons. The summed E-state index contributed by atoms with van der Waals surface area (Å²) in [5.41, 5.74) is 0.886. The lowest BCUT2D eigenvalue weighted by Crippen LogP contribution is -2.18. The molecule has 0 unspecified atom stereocenters. The number of hydrogen-bond donors (Lipinski definition) is 0. The standard InChI is InChI=1S/C12H20O4/c1-5-7-9(8-6-2)10(11(13)15-3)12(14)16-4/h5-8H2,1-4H3. The maximum Gasteiger partial charge on any atom is 0.345 e.